The molecule has 0 amide bonds. The van der Waals surface area contributed by atoms with Crippen molar-refractivity contribution in [2.24, 2.45) is 4.99 Å². The normalized spacial score (nSPS) is 19.7. The minimum absolute atomic E-state index is 0. The molecule has 1 aliphatic rings. The molecule has 1 rings (SSSR count). The van der Waals surface area contributed by atoms with E-state index in [9.17, 15) is 28.0 Å². The predicted molar refractivity (Wildman–Crippen MR) is 121 cm³/mol. The van der Waals surface area contributed by atoms with Crippen LogP contribution in [-0.4, -0.2) is 83.9 Å². The Hall–Kier alpha value is -0.130. The number of quaternary nitrogens is 1. The molecule has 2 unspecified atom stereocenters. The summed E-state index contributed by atoms with van der Waals surface area (Å²) in [5.41, 5.74) is 0. The molecule has 0 saturated heterocycles. The SMILES string of the molecule is CCCCCC/C=C/CCCCCC(=O)C1=NCC[N+]1(CCO)CC(O)CS(=O)(=O)[O-].[Na+]. The summed E-state index contributed by atoms with van der Waals surface area (Å²) >= 11 is 0. The molecule has 10 heteroatoms. The number of nitrogens with zero attached hydrogens (tertiary/aromatic N) is 2. The fourth-order valence-electron chi connectivity index (χ4n) is 4.09. The van der Waals surface area contributed by atoms with E-state index in [0.29, 0.717) is 19.5 Å². The number of unbranched alkanes of at least 4 members (excludes halogenated alkanes) is 7. The van der Waals surface area contributed by atoms with Crippen molar-refractivity contribution in [3.8, 4) is 0 Å². The van der Waals surface area contributed by atoms with Crippen LogP contribution in [0.1, 0.15) is 71.1 Å². The molecule has 2 atom stereocenters. The number of amidine groups is 1. The van der Waals surface area contributed by atoms with Crippen LogP contribution < -0.4 is 29.6 Å². The van der Waals surface area contributed by atoms with Crippen molar-refractivity contribution in [2.75, 3.05) is 38.5 Å². The maximum absolute atomic E-state index is 12.8. The largest absolute Gasteiger partial charge is 1.00 e. The molecule has 0 bridgehead atoms. The van der Waals surface area contributed by atoms with E-state index in [1.807, 2.05) is 0 Å². The number of hydrogen-bond donors (Lipinski definition) is 2. The first-order valence-corrected chi connectivity index (χ1v) is 13.1. The van der Waals surface area contributed by atoms with Crippen LogP contribution in [0.3, 0.4) is 0 Å². The summed E-state index contributed by atoms with van der Waals surface area (Å²) in [5, 5.41) is 19.5. The molecule has 8 nitrogen and oxygen atoms in total. The van der Waals surface area contributed by atoms with E-state index < -0.39 is 22.0 Å². The zero-order valence-electron chi connectivity index (χ0n) is 19.9. The number of allylic oxidation sites excluding steroid dienone is 2. The molecule has 0 aromatic carbocycles. The van der Waals surface area contributed by atoms with Crippen LogP contribution in [0.2, 0.25) is 0 Å². The number of ketones is 1. The first kappa shape index (κ1) is 31.9. The average Bonchev–Trinajstić information content (AvgIpc) is 3.07. The Kier molecular flexibility index (Phi) is 17.3. The summed E-state index contributed by atoms with van der Waals surface area (Å²) in [5.74, 6) is -0.760. The van der Waals surface area contributed by atoms with Crippen molar-refractivity contribution in [3.05, 3.63) is 12.2 Å². The molecule has 32 heavy (non-hydrogen) atoms. The molecule has 0 fully saturated rings. The van der Waals surface area contributed by atoms with E-state index in [4.69, 9.17) is 0 Å². The number of carbonyl (C=O) groups is 1. The summed E-state index contributed by atoms with van der Waals surface area (Å²) in [4.78, 5) is 17.1. The topological polar surface area (TPSA) is 127 Å². The predicted octanol–water partition coefficient (Wildman–Crippen LogP) is -0.836. The van der Waals surface area contributed by atoms with Crippen molar-refractivity contribution in [1.29, 1.82) is 0 Å². The van der Waals surface area contributed by atoms with Gasteiger partial charge < -0.3 is 14.8 Å². The van der Waals surface area contributed by atoms with Gasteiger partial charge in [-0.1, -0.05) is 44.8 Å². The van der Waals surface area contributed by atoms with Crippen molar-refractivity contribution >= 4 is 21.7 Å². The van der Waals surface area contributed by atoms with E-state index in [2.05, 4.69) is 24.1 Å². The van der Waals surface area contributed by atoms with Gasteiger partial charge in [0.25, 0.3) is 5.84 Å². The third-order valence-electron chi connectivity index (χ3n) is 5.64. The summed E-state index contributed by atoms with van der Waals surface area (Å²) in [7, 11) is -4.58. The summed E-state index contributed by atoms with van der Waals surface area (Å²) in [6, 6.07) is 0. The molecule has 0 aromatic heterocycles. The average molecular weight is 484 g/mol. The fourth-order valence-corrected chi connectivity index (χ4v) is 4.66. The molecule has 2 N–H and O–H groups in total. The minimum Gasteiger partial charge on any atom is -0.748 e. The minimum atomic E-state index is -4.58. The van der Waals surface area contributed by atoms with E-state index in [1.165, 1.54) is 25.7 Å². The van der Waals surface area contributed by atoms with Gasteiger partial charge in [0, 0.05) is 6.42 Å². The second-order valence-electron chi connectivity index (χ2n) is 8.43. The van der Waals surface area contributed by atoms with E-state index in [0.717, 1.165) is 32.1 Å². The molecule has 0 spiro atoms. The van der Waals surface area contributed by atoms with E-state index >= 15 is 0 Å². The monoisotopic (exact) mass is 483 g/mol. The number of aliphatic hydroxyl groups excluding tert-OH is 2. The number of carbonyl (C=O) groups excluding carboxylic acids is 1. The van der Waals surface area contributed by atoms with Gasteiger partial charge in [-0.25, -0.2) is 13.4 Å². The number of aliphatic imine (C=N–C) groups is 1. The first-order chi connectivity index (χ1) is 14.7. The Balaban J connectivity index is 0.00000961. The Labute approximate surface area is 215 Å². The van der Waals surface area contributed by atoms with Crippen molar-refractivity contribution in [1.82, 2.24) is 0 Å². The molecule has 1 aliphatic heterocycles. The van der Waals surface area contributed by atoms with Crippen LogP contribution in [0.5, 0.6) is 0 Å². The second-order valence-corrected chi connectivity index (χ2v) is 9.87. The third-order valence-corrected chi connectivity index (χ3v) is 6.43. The van der Waals surface area contributed by atoms with E-state index in [-0.39, 0.29) is 65.4 Å². The van der Waals surface area contributed by atoms with Crippen LogP contribution in [0, 0.1) is 0 Å². The number of aliphatic hydroxyl groups is 2. The van der Waals surface area contributed by atoms with Gasteiger partial charge >= 0.3 is 29.6 Å². The maximum Gasteiger partial charge on any atom is 1.00 e. The van der Waals surface area contributed by atoms with Gasteiger partial charge in [0.1, 0.15) is 25.7 Å². The van der Waals surface area contributed by atoms with Gasteiger partial charge in [-0.15, -0.1) is 0 Å². The van der Waals surface area contributed by atoms with Crippen LogP contribution in [0.15, 0.2) is 17.1 Å². The Morgan fingerprint density at radius 2 is 1.78 bits per heavy atom. The smallest absolute Gasteiger partial charge is 0.748 e. The quantitative estimate of drug-likeness (QED) is 0.0861. The van der Waals surface area contributed by atoms with Crippen LogP contribution in [0.25, 0.3) is 0 Å². The Bertz CT molecular complexity index is 699. The zero-order valence-corrected chi connectivity index (χ0v) is 22.7. The summed E-state index contributed by atoms with van der Waals surface area (Å²) < 4.78 is 32.8. The Morgan fingerprint density at radius 3 is 2.34 bits per heavy atom. The van der Waals surface area contributed by atoms with Gasteiger partial charge in [-0.3, -0.25) is 9.28 Å². The van der Waals surface area contributed by atoms with Crippen molar-refractivity contribution < 1.29 is 62.0 Å². The summed E-state index contributed by atoms with van der Waals surface area (Å²) in [6.07, 6.45) is 13.3. The van der Waals surface area contributed by atoms with E-state index in [1.54, 1.807) is 0 Å². The van der Waals surface area contributed by atoms with Gasteiger partial charge in [-0.2, -0.15) is 0 Å². The first-order valence-electron chi connectivity index (χ1n) is 11.6. The van der Waals surface area contributed by atoms with Gasteiger partial charge in [0.2, 0.25) is 5.78 Å². The van der Waals surface area contributed by atoms with Crippen molar-refractivity contribution in [3.63, 3.8) is 0 Å². The molecule has 1 heterocycles. The molecule has 180 valence electrons. The second kappa shape index (κ2) is 17.3. The molecule has 0 aromatic rings. The van der Waals surface area contributed by atoms with Gasteiger partial charge in [0.05, 0.1) is 29.0 Å². The zero-order chi connectivity index (χ0) is 23.2. The van der Waals surface area contributed by atoms with Gasteiger partial charge in [0.15, 0.2) is 0 Å². The van der Waals surface area contributed by atoms with Crippen LogP contribution in [0.4, 0.5) is 0 Å². The Morgan fingerprint density at radius 1 is 1.16 bits per heavy atom. The summed E-state index contributed by atoms with van der Waals surface area (Å²) in [6.45, 7) is 2.80. The molecular formula is C22H40N2NaO6S+. The molecular weight excluding hydrogens is 443 g/mol. The maximum atomic E-state index is 12.8. The van der Waals surface area contributed by atoms with Crippen LogP contribution >= 0.6 is 0 Å². The van der Waals surface area contributed by atoms with Gasteiger partial charge in [-0.05, 0) is 32.1 Å². The third kappa shape index (κ3) is 12.9. The number of Topliss-reactive ketones (excluding diaryl/α,β-unsaturated/α-hetero) is 1. The fraction of sp³-hybridized carbons (Fsp3) is 0.818. The number of rotatable bonds is 18. The standard InChI is InChI=1S/C22H40N2O6S.Na/c1-2-3-4-5-6-7-8-9-10-11-12-13-21(27)22-23-14-15-24(22,16-17-25)18-20(26)19-31(28,29)30;/h7-8,20,25-26H,2-6,9-19H2,1H3;/q;+1/b8-7+;. The molecule has 0 radical (unpaired) electrons. The number of hydrogen-bond acceptors (Lipinski definition) is 7. The molecule has 0 aliphatic carbocycles. The molecule has 0 saturated carbocycles. The van der Waals surface area contributed by atoms with Crippen molar-refractivity contribution in [2.45, 2.75) is 77.2 Å². The van der Waals surface area contributed by atoms with Crippen LogP contribution in [-0.2, 0) is 14.9 Å².